The van der Waals surface area contributed by atoms with E-state index in [9.17, 15) is 9.90 Å². The van der Waals surface area contributed by atoms with Gasteiger partial charge in [0, 0.05) is 13.0 Å². The van der Waals surface area contributed by atoms with Crippen LogP contribution >= 0.6 is 0 Å². The van der Waals surface area contributed by atoms with Gasteiger partial charge in [-0.15, -0.1) is 0 Å². The molecule has 1 saturated heterocycles. The van der Waals surface area contributed by atoms with E-state index in [-0.39, 0.29) is 17.2 Å². The number of unbranched alkanes of at least 4 members (excludes halogenated alkanes) is 2. The molecule has 8 heteroatoms. The van der Waals surface area contributed by atoms with Crippen LogP contribution in [-0.4, -0.2) is 50.0 Å². The number of nitrogens with zero attached hydrogens (tertiary/aromatic N) is 3. The first-order chi connectivity index (χ1) is 11.2. The molecule has 0 aliphatic carbocycles. The predicted molar refractivity (Wildman–Crippen MR) is 83.0 cm³/mol. The highest BCUT2D eigenvalue weighted by Gasteiger charge is 2.36. The van der Waals surface area contributed by atoms with Crippen molar-refractivity contribution < 1.29 is 14.6 Å². The summed E-state index contributed by atoms with van der Waals surface area (Å²) in [4.78, 5) is 22.3. The average Bonchev–Trinajstić information content (AvgIpc) is 3.11. The van der Waals surface area contributed by atoms with Gasteiger partial charge < -0.3 is 19.6 Å². The van der Waals surface area contributed by atoms with Crippen molar-refractivity contribution in [2.75, 3.05) is 13.2 Å². The third-order valence-electron chi connectivity index (χ3n) is 4.00. The van der Waals surface area contributed by atoms with Crippen molar-refractivity contribution in [3.05, 3.63) is 23.0 Å². The van der Waals surface area contributed by atoms with Crippen LogP contribution in [-0.2, 0) is 9.47 Å². The van der Waals surface area contributed by atoms with Crippen molar-refractivity contribution in [3.63, 3.8) is 0 Å². The van der Waals surface area contributed by atoms with Gasteiger partial charge in [-0.2, -0.15) is 0 Å². The summed E-state index contributed by atoms with van der Waals surface area (Å²) in [5, 5.41) is 10.3. The monoisotopic (exact) mass is 322 g/mol. The molecule has 1 aliphatic heterocycles. The number of hydrogen-bond donors (Lipinski definition) is 2. The van der Waals surface area contributed by atoms with Crippen LogP contribution in [0, 0.1) is 0 Å². The number of fused-ring (bicyclic) bond motifs is 1. The summed E-state index contributed by atoms with van der Waals surface area (Å²) in [7, 11) is 0. The fourth-order valence-corrected chi connectivity index (χ4v) is 2.81. The van der Waals surface area contributed by atoms with Gasteiger partial charge in [-0.05, 0) is 6.42 Å². The Morgan fingerprint density at radius 1 is 1.48 bits per heavy atom. The summed E-state index contributed by atoms with van der Waals surface area (Å²) in [5.41, 5.74) is 0.335. The molecule has 23 heavy (non-hydrogen) atoms. The van der Waals surface area contributed by atoms with Crippen molar-refractivity contribution in [2.24, 2.45) is 0 Å². The topological polar surface area (TPSA) is 102 Å². The Hall–Kier alpha value is -1.77. The van der Waals surface area contributed by atoms with Gasteiger partial charge in [0.05, 0.1) is 25.4 Å². The minimum atomic E-state index is -0.683. The minimum absolute atomic E-state index is 0.170. The molecule has 8 nitrogen and oxygen atoms in total. The Morgan fingerprint density at radius 2 is 2.35 bits per heavy atom. The average molecular weight is 322 g/mol. The van der Waals surface area contributed by atoms with Crippen LogP contribution in [0.15, 0.2) is 17.4 Å². The number of aromatic amines is 1. The van der Waals surface area contributed by atoms with E-state index in [0.717, 1.165) is 19.3 Å². The molecule has 2 aromatic heterocycles. The number of nitrogens with one attached hydrogen (secondary N) is 1. The van der Waals surface area contributed by atoms with E-state index in [1.807, 2.05) is 0 Å². The maximum Gasteiger partial charge on any atom is 0.278 e. The lowest BCUT2D eigenvalue weighted by Gasteiger charge is -2.16. The fourth-order valence-electron chi connectivity index (χ4n) is 2.81. The van der Waals surface area contributed by atoms with E-state index < -0.39 is 12.3 Å². The number of aliphatic hydroxyl groups excluding tert-OH is 1. The van der Waals surface area contributed by atoms with Gasteiger partial charge in [0.2, 0.25) is 0 Å². The van der Waals surface area contributed by atoms with Crippen molar-refractivity contribution in [2.45, 2.75) is 51.0 Å². The first-order valence-electron chi connectivity index (χ1n) is 8.02. The second-order valence-corrected chi connectivity index (χ2v) is 5.79. The second kappa shape index (κ2) is 7.20. The van der Waals surface area contributed by atoms with E-state index in [4.69, 9.17) is 9.47 Å². The summed E-state index contributed by atoms with van der Waals surface area (Å²) in [6, 6.07) is 0. The van der Waals surface area contributed by atoms with E-state index in [2.05, 4.69) is 21.9 Å². The molecule has 1 fully saturated rings. The molecule has 0 aromatic carbocycles. The lowest BCUT2D eigenvalue weighted by Crippen LogP contribution is -2.20. The largest absolute Gasteiger partial charge is 0.388 e. The number of aliphatic hydroxyl groups is 1. The van der Waals surface area contributed by atoms with Gasteiger partial charge in [0.15, 0.2) is 17.4 Å². The molecule has 2 aromatic rings. The van der Waals surface area contributed by atoms with E-state index in [1.165, 1.54) is 12.7 Å². The lowest BCUT2D eigenvalue weighted by atomic mass is 10.2. The number of aromatic nitrogens is 4. The summed E-state index contributed by atoms with van der Waals surface area (Å²) in [6.45, 7) is 3.31. The zero-order valence-electron chi connectivity index (χ0n) is 13.1. The van der Waals surface area contributed by atoms with E-state index >= 15 is 0 Å². The molecule has 3 heterocycles. The standard InChI is InChI=1S/C15H22N4O4/c1-2-3-4-5-22-7-10-6-11(20)15(23-10)19-9-18-12-13(19)16-8-17-14(12)21/h8-11,15,20H,2-7H2,1H3,(H,16,17,21)/t10-,11?,15+/m0/s1. The molecule has 3 rings (SSSR count). The van der Waals surface area contributed by atoms with Gasteiger partial charge >= 0.3 is 0 Å². The molecule has 126 valence electrons. The Bertz CT molecular complexity index is 698. The first kappa shape index (κ1) is 16.1. The highest BCUT2D eigenvalue weighted by Crippen LogP contribution is 2.30. The number of hydrogen-bond acceptors (Lipinski definition) is 6. The Kier molecular flexibility index (Phi) is 5.04. The lowest BCUT2D eigenvalue weighted by molar-refractivity contribution is -0.0603. The number of rotatable bonds is 7. The van der Waals surface area contributed by atoms with E-state index in [1.54, 1.807) is 4.57 Å². The Balaban J connectivity index is 1.64. The van der Waals surface area contributed by atoms with Crippen molar-refractivity contribution in [1.29, 1.82) is 0 Å². The van der Waals surface area contributed by atoms with Crippen molar-refractivity contribution >= 4 is 11.2 Å². The zero-order valence-corrected chi connectivity index (χ0v) is 13.1. The minimum Gasteiger partial charge on any atom is -0.388 e. The maximum absolute atomic E-state index is 11.7. The highest BCUT2D eigenvalue weighted by atomic mass is 16.6. The quantitative estimate of drug-likeness (QED) is 0.737. The number of imidazole rings is 1. The van der Waals surface area contributed by atoms with Crippen molar-refractivity contribution in [3.8, 4) is 0 Å². The summed E-state index contributed by atoms with van der Waals surface area (Å²) >= 11 is 0. The molecule has 3 atom stereocenters. The van der Waals surface area contributed by atoms with Crippen LogP contribution in [0.2, 0.25) is 0 Å². The SMILES string of the molecule is CCCCCOC[C@@H]1CC(O)[C@H](n2cnc3c(=O)[nH]cnc32)O1. The predicted octanol–water partition coefficient (Wildman–Crippen LogP) is 0.975. The Labute approximate surface area is 133 Å². The van der Waals surface area contributed by atoms with Gasteiger partial charge in [-0.3, -0.25) is 9.36 Å². The fraction of sp³-hybridized carbons (Fsp3) is 0.667. The third kappa shape index (κ3) is 3.44. The number of H-pyrrole nitrogens is 1. The zero-order chi connectivity index (χ0) is 16.2. The second-order valence-electron chi connectivity index (χ2n) is 5.79. The number of ether oxygens (including phenoxy) is 2. The smallest absolute Gasteiger partial charge is 0.278 e. The molecular formula is C15H22N4O4. The van der Waals surface area contributed by atoms with Gasteiger partial charge in [-0.25, -0.2) is 9.97 Å². The molecule has 0 amide bonds. The molecular weight excluding hydrogens is 300 g/mol. The van der Waals surface area contributed by atoms with Gasteiger partial charge in [0.25, 0.3) is 5.56 Å². The molecule has 0 saturated carbocycles. The summed E-state index contributed by atoms with van der Waals surface area (Å²) in [5.74, 6) is 0. The third-order valence-corrected chi connectivity index (χ3v) is 4.00. The molecule has 1 unspecified atom stereocenters. The Morgan fingerprint density at radius 3 is 3.17 bits per heavy atom. The van der Waals surface area contributed by atoms with Gasteiger partial charge in [0.1, 0.15) is 6.10 Å². The van der Waals surface area contributed by atoms with Crippen LogP contribution in [0.5, 0.6) is 0 Å². The highest BCUT2D eigenvalue weighted by molar-refractivity contribution is 5.68. The molecule has 0 radical (unpaired) electrons. The van der Waals surface area contributed by atoms with Crippen LogP contribution < -0.4 is 5.56 Å². The normalized spacial score (nSPS) is 24.5. The van der Waals surface area contributed by atoms with Crippen LogP contribution in [0.4, 0.5) is 0 Å². The molecule has 0 spiro atoms. The molecule has 1 aliphatic rings. The molecule has 2 N–H and O–H groups in total. The first-order valence-corrected chi connectivity index (χ1v) is 8.02. The van der Waals surface area contributed by atoms with Gasteiger partial charge in [-0.1, -0.05) is 19.8 Å². The van der Waals surface area contributed by atoms with Crippen LogP contribution in [0.1, 0.15) is 38.8 Å². The van der Waals surface area contributed by atoms with Crippen LogP contribution in [0.3, 0.4) is 0 Å². The van der Waals surface area contributed by atoms with Crippen LogP contribution in [0.25, 0.3) is 11.2 Å². The summed E-state index contributed by atoms with van der Waals surface area (Å²) in [6.07, 6.45) is 5.17. The van der Waals surface area contributed by atoms with E-state index in [0.29, 0.717) is 25.3 Å². The maximum atomic E-state index is 11.7. The molecule has 0 bridgehead atoms. The summed E-state index contributed by atoms with van der Waals surface area (Å²) < 4.78 is 13.1. The van der Waals surface area contributed by atoms with Crippen molar-refractivity contribution in [1.82, 2.24) is 19.5 Å².